The molecule has 9 heteroatoms. The van der Waals surface area contributed by atoms with E-state index in [-0.39, 0.29) is 0 Å². The van der Waals surface area contributed by atoms with Crippen LogP contribution in [-0.2, 0) is 10.0 Å². The predicted octanol–water partition coefficient (Wildman–Crippen LogP) is 3.13. The molecule has 0 saturated carbocycles. The average molecular weight is 383 g/mol. The number of rotatable bonds is 5. The molecule has 0 fully saturated rings. The normalized spacial score (nSPS) is 11.6. The number of anilines is 3. The largest absolute Gasteiger partial charge is 0.448 e. The van der Waals surface area contributed by atoms with Gasteiger partial charge in [-0.1, -0.05) is 12.1 Å². The standard InChI is InChI=1S/C18H17N5O3S/c1-22(18-7-4-10-26-18)17-9-8-16-19-12-15(23(16)20-17)13-5-3-6-14(11-13)21-27(2,24)25/h3-12,21H,1-2H3. The van der Waals surface area contributed by atoms with Crippen molar-refractivity contribution in [3.8, 4) is 11.3 Å². The molecule has 0 spiro atoms. The molecule has 0 aliphatic carbocycles. The first-order chi connectivity index (χ1) is 12.9. The van der Waals surface area contributed by atoms with Crippen molar-refractivity contribution in [3.63, 3.8) is 0 Å². The summed E-state index contributed by atoms with van der Waals surface area (Å²) in [5.74, 6) is 1.35. The fourth-order valence-corrected chi connectivity index (χ4v) is 3.32. The Morgan fingerprint density at radius 3 is 2.74 bits per heavy atom. The molecule has 0 aliphatic heterocycles. The number of benzene rings is 1. The molecule has 8 nitrogen and oxygen atoms in total. The lowest BCUT2D eigenvalue weighted by Crippen LogP contribution is -2.12. The topological polar surface area (TPSA) is 92.7 Å². The van der Waals surface area contributed by atoms with Crippen molar-refractivity contribution in [2.24, 2.45) is 0 Å². The third-order valence-corrected chi connectivity index (χ3v) is 4.60. The molecule has 0 amide bonds. The van der Waals surface area contributed by atoms with E-state index >= 15 is 0 Å². The van der Waals surface area contributed by atoms with Crippen LogP contribution < -0.4 is 9.62 Å². The quantitative estimate of drug-likeness (QED) is 0.569. The van der Waals surface area contributed by atoms with Gasteiger partial charge in [-0.05, 0) is 30.3 Å². The Bertz CT molecular complexity index is 1200. The zero-order valence-electron chi connectivity index (χ0n) is 14.7. The summed E-state index contributed by atoms with van der Waals surface area (Å²) in [5, 5.41) is 4.65. The molecule has 4 aromatic rings. The van der Waals surface area contributed by atoms with Gasteiger partial charge in [0, 0.05) is 24.4 Å². The molecule has 0 unspecified atom stereocenters. The van der Waals surface area contributed by atoms with Crippen molar-refractivity contribution >= 4 is 33.1 Å². The van der Waals surface area contributed by atoms with Gasteiger partial charge in [-0.25, -0.2) is 17.9 Å². The summed E-state index contributed by atoms with van der Waals surface area (Å²) in [6.45, 7) is 0. The Morgan fingerprint density at radius 1 is 1.15 bits per heavy atom. The number of hydrogen-bond acceptors (Lipinski definition) is 6. The van der Waals surface area contributed by atoms with Crippen molar-refractivity contribution in [2.75, 3.05) is 22.9 Å². The van der Waals surface area contributed by atoms with Gasteiger partial charge in [-0.2, -0.15) is 0 Å². The Hall–Kier alpha value is -3.33. The molecule has 0 atom stereocenters. The van der Waals surface area contributed by atoms with Crippen LogP contribution in [0.2, 0.25) is 0 Å². The number of imidazole rings is 1. The summed E-state index contributed by atoms with van der Waals surface area (Å²) in [4.78, 5) is 6.21. The lowest BCUT2D eigenvalue weighted by atomic mass is 10.1. The van der Waals surface area contributed by atoms with Crippen LogP contribution in [-0.4, -0.2) is 36.3 Å². The Kier molecular flexibility index (Phi) is 4.08. The zero-order chi connectivity index (χ0) is 19.0. The third kappa shape index (κ3) is 3.49. The first-order valence-electron chi connectivity index (χ1n) is 8.11. The van der Waals surface area contributed by atoms with Gasteiger partial charge in [0.05, 0.1) is 24.4 Å². The smallest absolute Gasteiger partial charge is 0.229 e. The van der Waals surface area contributed by atoms with E-state index in [1.165, 1.54) is 0 Å². The van der Waals surface area contributed by atoms with Crippen LogP contribution in [0, 0.1) is 0 Å². The van der Waals surface area contributed by atoms with E-state index < -0.39 is 10.0 Å². The first kappa shape index (κ1) is 17.1. The zero-order valence-corrected chi connectivity index (χ0v) is 15.5. The van der Waals surface area contributed by atoms with Crippen LogP contribution in [0.3, 0.4) is 0 Å². The van der Waals surface area contributed by atoms with E-state index in [2.05, 4.69) is 14.8 Å². The minimum absolute atomic E-state index is 0.480. The van der Waals surface area contributed by atoms with E-state index in [0.717, 1.165) is 17.5 Å². The van der Waals surface area contributed by atoms with Gasteiger partial charge in [-0.3, -0.25) is 9.62 Å². The lowest BCUT2D eigenvalue weighted by Gasteiger charge is -2.15. The van der Waals surface area contributed by atoms with Crippen LogP contribution in [0.1, 0.15) is 0 Å². The molecular weight excluding hydrogens is 366 g/mol. The SMILES string of the molecule is CN(c1ccc2ncc(-c3cccc(NS(C)(=O)=O)c3)n2n1)c1ccco1. The molecule has 0 saturated heterocycles. The average Bonchev–Trinajstić information content (AvgIpc) is 3.29. The maximum absolute atomic E-state index is 11.5. The van der Waals surface area contributed by atoms with Crippen LogP contribution in [0.25, 0.3) is 16.9 Å². The number of nitrogens with one attached hydrogen (secondary N) is 1. The molecule has 0 radical (unpaired) electrons. The molecule has 0 aliphatic rings. The highest BCUT2D eigenvalue weighted by Crippen LogP contribution is 2.26. The highest BCUT2D eigenvalue weighted by Gasteiger charge is 2.13. The molecule has 0 bridgehead atoms. The summed E-state index contributed by atoms with van der Waals surface area (Å²) in [7, 11) is -1.49. The Balaban J connectivity index is 1.77. The first-order valence-corrected chi connectivity index (χ1v) is 10.0. The second-order valence-electron chi connectivity index (χ2n) is 6.07. The minimum Gasteiger partial charge on any atom is -0.448 e. The van der Waals surface area contributed by atoms with Crippen molar-refractivity contribution < 1.29 is 12.8 Å². The molecule has 3 heterocycles. The predicted molar refractivity (Wildman–Crippen MR) is 104 cm³/mol. The van der Waals surface area contributed by atoms with E-state index in [1.807, 2.05) is 42.3 Å². The number of sulfonamides is 1. The van der Waals surface area contributed by atoms with Gasteiger partial charge >= 0.3 is 0 Å². The second kappa shape index (κ2) is 6.44. The van der Waals surface area contributed by atoms with E-state index in [9.17, 15) is 8.42 Å². The molecule has 138 valence electrons. The highest BCUT2D eigenvalue weighted by atomic mass is 32.2. The second-order valence-corrected chi connectivity index (χ2v) is 7.82. The van der Waals surface area contributed by atoms with Gasteiger partial charge in [0.2, 0.25) is 15.9 Å². The van der Waals surface area contributed by atoms with Crippen LogP contribution in [0.15, 0.2) is 65.4 Å². The Morgan fingerprint density at radius 2 is 2.00 bits per heavy atom. The minimum atomic E-state index is -3.35. The van der Waals surface area contributed by atoms with Gasteiger partial charge in [0.15, 0.2) is 11.5 Å². The van der Waals surface area contributed by atoms with Crippen LogP contribution >= 0.6 is 0 Å². The van der Waals surface area contributed by atoms with Crippen molar-refractivity contribution in [1.29, 1.82) is 0 Å². The molecular formula is C18H17N5O3S. The number of furan rings is 1. The maximum Gasteiger partial charge on any atom is 0.229 e. The maximum atomic E-state index is 11.5. The van der Waals surface area contributed by atoms with Crippen molar-refractivity contribution in [2.45, 2.75) is 0 Å². The molecule has 27 heavy (non-hydrogen) atoms. The lowest BCUT2D eigenvalue weighted by molar-refractivity contribution is 0.568. The molecule has 1 aromatic carbocycles. The fourth-order valence-electron chi connectivity index (χ4n) is 2.77. The van der Waals surface area contributed by atoms with Crippen molar-refractivity contribution in [1.82, 2.24) is 14.6 Å². The summed E-state index contributed by atoms with van der Waals surface area (Å²) in [5.41, 5.74) is 2.70. The third-order valence-electron chi connectivity index (χ3n) is 3.99. The molecule has 3 aromatic heterocycles. The van der Waals surface area contributed by atoms with Gasteiger partial charge in [0.1, 0.15) is 0 Å². The van der Waals surface area contributed by atoms with E-state index in [4.69, 9.17) is 4.42 Å². The van der Waals surface area contributed by atoms with Crippen LogP contribution in [0.5, 0.6) is 0 Å². The van der Waals surface area contributed by atoms with Gasteiger partial charge in [0.25, 0.3) is 0 Å². The molecule has 4 rings (SSSR count). The van der Waals surface area contributed by atoms with E-state index in [0.29, 0.717) is 23.0 Å². The summed E-state index contributed by atoms with van der Waals surface area (Å²) in [6.07, 6.45) is 4.43. The monoisotopic (exact) mass is 383 g/mol. The number of fused-ring (bicyclic) bond motifs is 1. The summed E-state index contributed by atoms with van der Waals surface area (Å²) < 4.78 is 32.6. The van der Waals surface area contributed by atoms with E-state index in [1.54, 1.807) is 35.2 Å². The van der Waals surface area contributed by atoms with Crippen molar-refractivity contribution in [3.05, 3.63) is 61.0 Å². The van der Waals surface area contributed by atoms with Gasteiger partial charge < -0.3 is 4.42 Å². The van der Waals surface area contributed by atoms with Crippen LogP contribution in [0.4, 0.5) is 17.4 Å². The Labute approximate surface area is 156 Å². The van der Waals surface area contributed by atoms with Gasteiger partial charge in [-0.15, -0.1) is 5.10 Å². The summed E-state index contributed by atoms with van der Waals surface area (Å²) >= 11 is 0. The number of aromatic nitrogens is 3. The summed E-state index contributed by atoms with van der Waals surface area (Å²) in [6, 6.07) is 14.5. The molecule has 1 N–H and O–H groups in total. The fraction of sp³-hybridized carbons (Fsp3) is 0.111. The highest BCUT2D eigenvalue weighted by molar-refractivity contribution is 7.92. The number of nitrogens with zero attached hydrogens (tertiary/aromatic N) is 4. The number of hydrogen-bond donors (Lipinski definition) is 1.